The van der Waals surface area contributed by atoms with Gasteiger partial charge in [0.2, 0.25) is 0 Å². The highest BCUT2D eigenvalue weighted by molar-refractivity contribution is 5.70. The predicted octanol–water partition coefficient (Wildman–Crippen LogP) is 9.67. The largest absolute Gasteiger partial charge is 0.462 e. The van der Waals surface area contributed by atoms with E-state index in [1.807, 2.05) is 0 Å². The van der Waals surface area contributed by atoms with Gasteiger partial charge in [-0.1, -0.05) is 126 Å². The van der Waals surface area contributed by atoms with Gasteiger partial charge in [-0.2, -0.15) is 0 Å². The van der Waals surface area contributed by atoms with Gasteiger partial charge in [-0.05, 0) is 57.8 Å². The molecule has 1 atom stereocenters. The molecular weight excluding hydrogens is 512 g/mol. The van der Waals surface area contributed by atoms with Crippen molar-refractivity contribution in [2.45, 2.75) is 142 Å². The van der Waals surface area contributed by atoms with Gasteiger partial charge < -0.3 is 14.6 Å². The number of aliphatic hydroxyl groups excluding tert-OH is 1. The van der Waals surface area contributed by atoms with Crippen LogP contribution in [0.25, 0.3) is 0 Å². The first-order valence-electron chi connectivity index (χ1n) is 16.3. The van der Waals surface area contributed by atoms with Crippen LogP contribution in [0.1, 0.15) is 136 Å². The van der Waals surface area contributed by atoms with Gasteiger partial charge in [-0.3, -0.25) is 9.59 Å². The molecule has 0 unspecified atom stereocenters. The fourth-order valence-electron chi connectivity index (χ4n) is 4.11. The van der Waals surface area contributed by atoms with E-state index in [0.717, 1.165) is 77.0 Å². The van der Waals surface area contributed by atoms with Crippen LogP contribution in [0.5, 0.6) is 0 Å². The lowest BCUT2D eigenvalue weighted by Crippen LogP contribution is -2.28. The minimum atomic E-state index is -0.782. The van der Waals surface area contributed by atoms with Crippen molar-refractivity contribution in [2.24, 2.45) is 0 Å². The number of esters is 2. The minimum Gasteiger partial charge on any atom is -0.462 e. The Morgan fingerprint density at radius 1 is 0.585 bits per heavy atom. The number of rotatable bonds is 28. The molecular formula is C36H60O5. The Hall–Kier alpha value is -2.40. The summed E-state index contributed by atoms with van der Waals surface area (Å²) in [5.41, 5.74) is 0. The molecule has 0 aliphatic carbocycles. The van der Waals surface area contributed by atoms with Crippen LogP contribution in [0.15, 0.2) is 60.8 Å². The third-order valence-electron chi connectivity index (χ3n) is 6.58. The summed E-state index contributed by atoms with van der Waals surface area (Å²) in [6.45, 7) is 3.93. The molecule has 5 nitrogen and oxygen atoms in total. The molecule has 0 fully saturated rings. The first-order valence-corrected chi connectivity index (χ1v) is 16.3. The first-order chi connectivity index (χ1) is 20.1. The van der Waals surface area contributed by atoms with E-state index in [0.29, 0.717) is 12.8 Å². The highest BCUT2D eigenvalue weighted by Crippen LogP contribution is 2.11. The van der Waals surface area contributed by atoms with Gasteiger partial charge in [0, 0.05) is 12.8 Å². The molecule has 41 heavy (non-hydrogen) atoms. The van der Waals surface area contributed by atoms with Crippen molar-refractivity contribution in [1.82, 2.24) is 0 Å². The van der Waals surface area contributed by atoms with Gasteiger partial charge in [0.15, 0.2) is 6.10 Å². The average Bonchev–Trinajstić information content (AvgIpc) is 2.97. The average molecular weight is 573 g/mol. The molecule has 0 saturated heterocycles. The second kappa shape index (κ2) is 32.1. The molecule has 0 aliphatic heterocycles. The van der Waals surface area contributed by atoms with Crippen LogP contribution in [-0.4, -0.2) is 36.4 Å². The first kappa shape index (κ1) is 38.6. The Balaban J connectivity index is 3.69. The second-order valence-corrected chi connectivity index (χ2v) is 10.5. The zero-order valence-electron chi connectivity index (χ0n) is 26.3. The molecule has 5 heteroatoms. The molecule has 0 amide bonds. The van der Waals surface area contributed by atoms with E-state index in [1.54, 1.807) is 0 Å². The summed E-state index contributed by atoms with van der Waals surface area (Å²) < 4.78 is 10.5. The summed E-state index contributed by atoms with van der Waals surface area (Å²) in [6.07, 6.45) is 39.9. The van der Waals surface area contributed by atoms with Gasteiger partial charge in [-0.25, -0.2) is 0 Å². The van der Waals surface area contributed by atoms with Gasteiger partial charge >= 0.3 is 11.9 Å². The van der Waals surface area contributed by atoms with Gasteiger partial charge in [-0.15, -0.1) is 0 Å². The van der Waals surface area contributed by atoms with Crippen molar-refractivity contribution in [3.8, 4) is 0 Å². The van der Waals surface area contributed by atoms with E-state index >= 15 is 0 Å². The summed E-state index contributed by atoms with van der Waals surface area (Å²) in [6, 6.07) is 0. The Morgan fingerprint density at radius 3 is 1.59 bits per heavy atom. The Labute approximate surface area is 251 Å². The number of carbonyl (C=O) groups is 2. The lowest BCUT2D eigenvalue weighted by Gasteiger charge is -2.15. The molecule has 0 aromatic heterocycles. The van der Waals surface area contributed by atoms with Crippen LogP contribution in [0.3, 0.4) is 0 Å². The third kappa shape index (κ3) is 30.4. The molecule has 0 radical (unpaired) electrons. The SMILES string of the molecule is CC/C=C/C/C=C/C/C=C/C/C=C/C/C=C/CCCCCC(=O)OC[C@H](CO)OC(=O)CCCCCCCCCC. The highest BCUT2D eigenvalue weighted by Gasteiger charge is 2.16. The van der Waals surface area contributed by atoms with Gasteiger partial charge in [0.1, 0.15) is 6.61 Å². The van der Waals surface area contributed by atoms with Crippen molar-refractivity contribution >= 4 is 11.9 Å². The maximum Gasteiger partial charge on any atom is 0.306 e. The van der Waals surface area contributed by atoms with E-state index in [9.17, 15) is 14.7 Å². The number of unbranched alkanes of at least 4 members (excludes halogenated alkanes) is 10. The highest BCUT2D eigenvalue weighted by atomic mass is 16.6. The summed E-state index contributed by atoms with van der Waals surface area (Å²) in [5, 5.41) is 9.46. The van der Waals surface area contributed by atoms with Gasteiger partial charge in [0.05, 0.1) is 6.61 Å². The van der Waals surface area contributed by atoms with Crippen molar-refractivity contribution in [2.75, 3.05) is 13.2 Å². The summed E-state index contributed by atoms with van der Waals surface area (Å²) in [7, 11) is 0. The maximum absolute atomic E-state index is 12.0. The van der Waals surface area contributed by atoms with Crippen LogP contribution >= 0.6 is 0 Å². The number of hydrogen-bond acceptors (Lipinski definition) is 5. The van der Waals surface area contributed by atoms with Crippen LogP contribution in [0.2, 0.25) is 0 Å². The lowest BCUT2D eigenvalue weighted by atomic mass is 10.1. The molecule has 0 rings (SSSR count). The number of ether oxygens (including phenoxy) is 2. The van der Waals surface area contributed by atoms with Crippen LogP contribution in [0, 0.1) is 0 Å². The van der Waals surface area contributed by atoms with Crippen LogP contribution in [0.4, 0.5) is 0 Å². The van der Waals surface area contributed by atoms with Crippen molar-refractivity contribution in [3.05, 3.63) is 60.8 Å². The zero-order chi connectivity index (χ0) is 30.1. The maximum atomic E-state index is 12.0. The van der Waals surface area contributed by atoms with Crippen molar-refractivity contribution < 1.29 is 24.2 Å². The molecule has 0 aromatic carbocycles. The molecule has 0 spiro atoms. The molecule has 234 valence electrons. The molecule has 0 aromatic rings. The Bertz CT molecular complexity index is 747. The monoisotopic (exact) mass is 572 g/mol. The minimum absolute atomic E-state index is 0.0848. The van der Waals surface area contributed by atoms with Crippen molar-refractivity contribution in [3.63, 3.8) is 0 Å². The van der Waals surface area contributed by atoms with E-state index in [4.69, 9.17) is 9.47 Å². The fraction of sp³-hybridized carbons (Fsp3) is 0.667. The normalized spacial score (nSPS) is 13.0. The second-order valence-electron chi connectivity index (χ2n) is 10.5. The summed E-state index contributed by atoms with van der Waals surface area (Å²) in [4.78, 5) is 24.0. The topological polar surface area (TPSA) is 72.8 Å². The van der Waals surface area contributed by atoms with Crippen LogP contribution < -0.4 is 0 Å². The molecule has 0 aliphatic rings. The summed E-state index contributed by atoms with van der Waals surface area (Å²) >= 11 is 0. The quantitative estimate of drug-likeness (QED) is 0.0574. The predicted molar refractivity (Wildman–Crippen MR) is 173 cm³/mol. The lowest BCUT2D eigenvalue weighted by molar-refractivity contribution is -0.161. The number of hydrogen-bond donors (Lipinski definition) is 1. The van der Waals surface area contributed by atoms with E-state index in [-0.39, 0.29) is 25.2 Å². The van der Waals surface area contributed by atoms with Crippen molar-refractivity contribution in [1.29, 1.82) is 0 Å². The smallest absolute Gasteiger partial charge is 0.306 e. The summed E-state index contributed by atoms with van der Waals surface area (Å²) in [5.74, 6) is -0.640. The molecule has 0 heterocycles. The Kier molecular flexibility index (Phi) is 30.2. The Morgan fingerprint density at radius 2 is 1.05 bits per heavy atom. The van der Waals surface area contributed by atoms with Crippen LogP contribution in [-0.2, 0) is 19.1 Å². The van der Waals surface area contributed by atoms with E-state index < -0.39 is 6.10 Å². The van der Waals surface area contributed by atoms with E-state index in [1.165, 1.54) is 32.1 Å². The molecule has 0 saturated carbocycles. The number of carbonyl (C=O) groups excluding carboxylic acids is 2. The molecule has 0 bridgehead atoms. The van der Waals surface area contributed by atoms with Gasteiger partial charge in [0.25, 0.3) is 0 Å². The number of allylic oxidation sites excluding steroid dienone is 10. The fourth-order valence-corrected chi connectivity index (χ4v) is 4.11. The third-order valence-corrected chi connectivity index (χ3v) is 6.58. The zero-order valence-corrected chi connectivity index (χ0v) is 26.3. The standard InChI is InChI=1S/C36H60O5/c1-3-5-7-9-11-13-14-15-16-17-18-19-20-21-22-23-25-26-28-30-35(38)40-33-34(32-37)41-36(39)31-29-27-24-12-10-8-6-4-2/h5,7,11,13,15-16,18-19,21-22,34,37H,3-4,6,8-10,12,14,17,20,23-33H2,1-2H3/b7-5+,13-11+,16-15+,19-18+,22-21+/t34-/m0/s1. The molecule has 1 N–H and O–H groups in total. The number of aliphatic hydroxyl groups is 1. The van der Waals surface area contributed by atoms with E-state index in [2.05, 4.69) is 74.6 Å².